The third kappa shape index (κ3) is 3.15. The second-order valence-electron chi connectivity index (χ2n) is 6.19. The molecule has 2 aromatic rings. The third-order valence-corrected chi connectivity index (χ3v) is 4.62. The van der Waals surface area contributed by atoms with Crippen LogP contribution in [0.2, 0.25) is 0 Å². The Kier molecular flexibility index (Phi) is 4.48. The average molecular weight is 313 g/mol. The number of amides is 1. The molecule has 1 aliphatic heterocycles. The third-order valence-electron chi connectivity index (χ3n) is 4.62. The molecule has 1 aromatic heterocycles. The van der Waals surface area contributed by atoms with Crippen LogP contribution in [0.1, 0.15) is 22.5 Å². The van der Waals surface area contributed by atoms with Gasteiger partial charge in [-0.2, -0.15) is 0 Å². The number of hydrogen-bond donors (Lipinski definition) is 0. The van der Waals surface area contributed by atoms with Crippen LogP contribution in [0.4, 0.5) is 0 Å². The van der Waals surface area contributed by atoms with Crippen molar-refractivity contribution in [1.29, 1.82) is 0 Å². The van der Waals surface area contributed by atoms with Gasteiger partial charge in [-0.05, 0) is 18.1 Å². The number of hydrogen-bond acceptors (Lipinski definition) is 3. The Bertz CT molecular complexity index is 708. The van der Waals surface area contributed by atoms with Gasteiger partial charge in [0.05, 0.1) is 37.6 Å². The van der Waals surface area contributed by atoms with Crippen LogP contribution in [-0.2, 0) is 36.0 Å². The fourth-order valence-electron chi connectivity index (χ4n) is 3.23. The molecule has 1 aliphatic rings. The highest BCUT2D eigenvalue weighted by molar-refractivity contribution is 5.79. The van der Waals surface area contributed by atoms with Crippen molar-refractivity contribution in [2.24, 2.45) is 7.05 Å². The summed E-state index contributed by atoms with van der Waals surface area (Å²) >= 11 is 0. The molecule has 2 heterocycles. The lowest BCUT2D eigenvalue weighted by Crippen LogP contribution is -2.47. The van der Waals surface area contributed by atoms with Crippen LogP contribution < -0.4 is 0 Å². The van der Waals surface area contributed by atoms with Gasteiger partial charge in [-0.1, -0.05) is 24.3 Å². The summed E-state index contributed by atoms with van der Waals surface area (Å²) in [6.07, 6.45) is 3.04. The number of ether oxygens (including phenoxy) is 1. The number of benzene rings is 1. The van der Waals surface area contributed by atoms with E-state index in [0.717, 1.165) is 23.2 Å². The molecule has 0 saturated carbocycles. The molecule has 1 atom stereocenters. The molecule has 5 heteroatoms. The first-order valence-electron chi connectivity index (χ1n) is 7.92. The molecule has 0 bridgehead atoms. The molecular weight excluding hydrogens is 290 g/mol. The molecule has 5 nitrogen and oxygen atoms in total. The van der Waals surface area contributed by atoms with Crippen molar-refractivity contribution in [2.45, 2.75) is 32.4 Å². The largest absolute Gasteiger partial charge is 0.383 e. The number of nitrogens with zero attached hydrogens (tertiary/aromatic N) is 3. The lowest BCUT2D eigenvalue weighted by molar-refractivity contribution is -0.135. The molecule has 0 spiro atoms. The number of methoxy groups -OCH3 is 1. The Morgan fingerprint density at radius 2 is 2.17 bits per heavy atom. The normalized spacial score (nSPS) is 17.2. The minimum atomic E-state index is 0.0689. The quantitative estimate of drug-likeness (QED) is 0.866. The number of rotatable bonds is 4. The lowest BCUT2D eigenvalue weighted by atomic mass is 10.00. The van der Waals surface area contributed by atoms with Gasteiger partial charge in [0.1, 0.15) is 0 Å². The molecule has 0 aliphatic carbocycles. The minimum Gasteiger partial charge on any atom is -0.383 e. The Balaban J connectivity index is 1.82. The number of fused-ring (bicyclic) bond motifs is 1. The van der Waals surface area contributed by atoms with Gasteiger partial charge in [-0.15, -0.1) is 0 Å². The van der Waals surface area contributed by atoms with E-state index in [-0.39, 0.29) is 11.9 Å². The van der Waals surface area contributed by atoms with Gasteiger partial charge >= 0.3 is 0 Å². The zero-order valence-electron chi connectivity index (χ0n) is 14.0. The van der Waals surface area contributed by atoms with E-state index in [1.165, 1.54) is 5.69 Å². The molecule has 0 radical (unpaired) electrons. The van der Waals surface area contributed by atoms with Crippen molar-refractivity contribution in [3.8, 4) is 0 Å². The van der Waals surface area contributed by atoms with E-state index in [4.69, 9.17) is 4.74 Å². The van der Waals surface area contributed by atoms with Gasteiger partial charge in [0.15, 0.2) is 0 Å². The van der Waals surface area contributed by atoms with Crippen molar-refractivity contribution >= 4 is 5.91 Å². The van der Waals surface area contributed by atoms with Crippen LogP contribution in [0.15, 0.2) is 30.6 Å². The van der Waals surface area contributed by atoms with Gasteiger partial charge in [-0.3, -0.25) is 4.79 Å². The summed E-state index contributed by atoms with van der Waals surface area (Å²) in [4.78, 5) is 19.2. The Morgan fingerprint density at radius 1 is 1.39 bits per heavy atom. The van der Waals surface area contributed by atoms with Gasteiger partial charge in [0.2, 0.25) is 5.91 Å². The summed E-state index contributed by atoms with van der Waals surface area (Å²) in [5.74, 6) is 0.137. The maximum atomic E-state index is 12.9. The average Bonchev–Trinajstić information content (AvgIpc) is 2.90. The maximum Gasteiger partial charge on any atom is 0.227 e. The van der Waals surface area contributed by atoms with Crippen LogP contribution in [-0.4, -0.2) is 40.1 Å². The summed E-state index contributed by atoms with van der Waals surface area (Å²) < 4.78 is 7.39. The Morgan fingerprint density at radius 3 is 2.91 bits per heavy atom. The van der Waals surface area contributed by atoms with Crippen LogP contribution in [0.25, 0.3) is 0 Å². The molecule has 0 unspecified atom stereocenters. The Hall–Kier alpha value is -2.14. The first kappa shape index (κ1) is 15.7. The van der Waals surface area contributed by atoms with Crippen LogP contribution in [0.5, 0.6) is 0 Å². The molecule has 1 amide bonds. The summed E-state index contributed by atoms with van der Waals surface area (Å²) in [6, 6.07) is 8.11. The summed E-state index contributed by atoms with van der Waals surface area (Å²) in [5, 5.41) is 0. The predicted octanol–water partition coefficient (Wildman–Crippen LogP) is 1.87. The topological polar surface area (TPSA) is 47.4 Å². The molecule has 0 fully saturated rings. The number of imidazole rings is 1. The standard InChI is InChI=1S/C18H23N3O2/c1-13-6-4-5-7-14(13)8-18(22)21-10-16-17(20(2)12-19-16)9-15(21)11-23-3/h4-7,12,15H,8-11H2,1-3H3/t15-/m1/s1. The molecule has 23 heavy (non-hydrogen) atoms. The SMILES string of the molecule is COC[C@H]1Cc2c(ncn2C)CN1C(=O)Cc1ccccc1C. The summed E-state index contributed by atoms with van der Waals surface area (Å²) in [5.41, 5.74) is 4.44. The van der Waals surface area contributed by atoms with Crippen LogP contribution in [0.3, 0.4) is 0 Å². The number of aryl methyl sites for hydroxylation is 2. The van der Waals surface area contributed by atoms with Gasteiger partial charge in [-0.25, -0.2) is 4.98 Å². The van der Waals surface area contributed by atoms with Gasteiger partial charge < -0.3 is 14.2 Å². The smallest absolute Gasteiger partial charge is 0.227 e. The van der Waals surface area contributed by atoms with E-state index in [9.17, 15) is 4.79 Å². The van der Waals surface area contributed by atoms with Crippen molar-refractivity contribution in [2.75, 3.05) is 13.7 Å². The van der Waals surface area contributed by atoms with Crippen LogP contribution >= 0.6 is 0 Å². The van der Waals surface area contributed by atoms with Gasteiger partial charge in [0.25, 0.3) is 0 Å². The first-order chi connectivity index (χ1) is 11.1. The second-order valence-corrected chi connectivity index (χ2v) is 6.19. The molecule has 0 N–H and O–H groups in total. The van der Waals surface area contributed by atoms with Crippen molar-refractivity contribution in [3.05, 3.63) is 53.1 Å². The first-order valence-corrected chi connectivity index (χ1v) is 7.92. The second kappa shape index (κ2) is 6.54. The number of carbonyl (C=O) groups excluding carboxylic acids is 1. The minimum absolute atomic E-state index is 0.0689. The van der Waals surface area contributed by atoms with Crippen molar-refractivity contribution in [3.63, 3.8) is 0 Å². The zero-order chi connectivity index (χ0) is 16.4. The molecular formula is C18H23N3O2. The molecule has 1 aromatic carbocycles. The number of carbonyl (C=O) groups is 1. The summed E-state index contributed by atoms with van der Waals surface area (Å²) in [7, 11) is 3.68. The van der Waals surface area contributed by atoms with E-state index in [2.05, 4.69) is 4.98 Å². The zero-order valence-corrected chi connectivity index (χ0v) is 14.0. The highest BCUT2D eigenvalue weighted by Crippen LogP contribution is 2.23. The molecule has 3 rings (SSSR count). The van der Waals surface area contributed by atoms with E-state index >= 15 is 0 Å². The predicted molar refractivity (Wildman–Crippen MR) is 88.0 cm³/mol. The fraction of sp³-hybridized carbons (Fsp3) is 0.444. The Labute approximate surface area is 136 Å². The van der Waals surface area contributed by atoms with E-state index in [0.29, 0.717) is 19.6 Å². The lowest BCUT2D eigenvalue weighted by Gasteiger charge is -2.35. The number of aromatic nitrogens is 2. The van der Waals surface area contributed by atoms with E-state index < -0.39 is 0 Å². The fourth-order valence-corrected chi connectivity index (χ4v) is 3.23. The van der Waals surface area contributed by atoms with Crippen molar-refractivity contribution < 1.29 is 9.53 Å². The maximum absolute atomic E-state index is 12.9. The molecule has 0 saturated heterocycles. The van der Waals surface area contributed by atoms with Crippen LogP contribution in [0, 0.1) is 6.92 Å². The summed E-state index contributed by atoms with van der Waals surface area (Å²) in [6.45, 7) is 3.15. The highest BCUT2D eigenvalue weighted by Gasteiger charge is 2.32. The highest BCUT2D eigenvalue weighted by atomic mass is 16.5. The van der Waals surface area contributed by atoms with E-state index in [1.807, 2.05) is 54.0 Å². The molecule has 122 valence electrons. The van der Waals surface area contributed by atoms with E-state index in [1.54, 1.807) is 7.11 Å². The van der Waals surface area contributed by atoms with Crippen molar-refractivity contribution in [1.82, 2.24) is 14.5 Å². The van der Waals surface area contributed by atoms with Gasteiger partial charge in [0, 0.05) is 26.3 Å². The monoisotopic (exact) mass is 313 g/mol.